The Kier molecular flexibility index (Phi) is 7.37. The van der Waals surface area contributed by atoms with Crippen LogP contribution in [0, 0.1) is 0 Å². The van der Waals surface area contributed by atoms with Crippen LogP contribution in [0.1, 0.15) is 16.1 Å². The lowest BCUT2D eigenvalue weighted by Crippen LogP contribution is -2.28. The Morgan fingerprint density at radius 1 is 0.970 bits per heavy atom. The predicted molar refractivity (Wildman–Crippen MR) is 109 cm³/mol. The van der Waals surface area contributed by atoms with Crippen molar-refractivity contribution >= 4 is 49.9 Å². The first-order chi connectivity index (χ1) is 15.1. The summed E-state index contributed by atoms with van der Waals surface area (Å²) in [5.41, 5.74) is -3.39. The average Bonchev–Trinajstić information content (AvgIpc) is 3.15. The molecule has 18 heteroatoms. The van der Waals surface area contributed by atoms with E-state index in [1.54, 1.807) is 0 Å². The smallest absolute Gasteiger partial charge is 0.357 e. The number of carbonyl (C=O) groups excluding carboxylic acids is 1. The van der Waals surface area contributed by atoms with Crippen LogP contribution in [0.2, 0.25) is 0 Å². The molecule has 0 unspecified atom stereocenters. The number of hydrazone groups is 1. The summed E-state index contributed by atoms with van der Waals surface area (Å²) in [4.78, 5) is 47.4. The molecule has 5 N–H and O–H groups in total. The highest BCUT2D eigenvalue weighted by atomic mass is 32.2. The maximum atomic E-state index is 12.4. The van der Waals surface area contributed by atoms with Crippen molar-refractivity contribution in [2.45, 2.75) is 6.54 Å². The van der Waals surface area contributed by atoms with Crippen molar-refractivity contribution in [3.8, 4) is 0 Å². The predicted octanol–water partition coefficient (Wildman–Crippen LogP) is -2.13. The molecule has 16 nitrogen and oxygen atoms in total. The number of carboxylic acids is 2. The number of aromatic nitrogens is 2. The summed E-state index contributed by atoms with van der Waals surface area (Å²) in [5.74, 6) is -6.05. The number of nitrogens with one attached hydrogen (secondary N) is 1. The fraction of sp³-hybridized carbons (Fsp3) is 0.267. The molecule has 0 bridgehead atoms. The number of H-pyrrole nitrogens is 1. The van der Waals surface area contributed by atoms with Gasteiger partial charge in [0, 0.05) is 0 Å². The van der Waals surface area contributed by atoms with Crippen LogP contribution >= 0.6 is 0 Å². The lowest BCUT2D eigenvalue weighted by Gasteiger charge is -2.09. The molecule has 1 aliphatic heterocycles. The third-order valence-electron chi connectivity index (χ3n) is 4.01. The molecule has 0 atom stereocenters. The van der Waals surface area contributed by atoms with Crippen LogP contribution in [0.15, 0.2) is 27.6 Å². The first-order valence-electron chi connectivity index (χ1n) is 8.59. The number of aromatic carboxylic acids is 1. The Hall–Kier alpha value is -3.61. The highest BCUT2D eigenvalue weighted by Crippen LogP contribution is 2.16. The van der Waals surface area contributed by atoms with Crippen molar-refractivity contribution in [1.29, 1.82) is 0 Å². The molecule has 0 aromatic carbocycles. The van der Waals surface area contributed by atoms with E-state index < -0.39 is 90.8 Å². The monoisotopic (exact) mass is 508 g/mol. The molecular formula is C15H16N4O12S2. The molecule has 2 heterocycles. The summed E-state index contributed by atoms with van der Waals surface area (Å²) < 4.78 is 61.5. The van der Waals surface area contributed by atoms with Gasteiger partial charge in [0.05, 0.1) is 35.7 Å². The van der Waals surface area contributed by atoms with Gasteiger partial charge in [-0.25, -0.2) is 14.6 Å². The minimum atomic E-state index is -4.47. The van der Waals surface area contributed by atoms with E-state index in [4.69, 9.17) is 9.11 Å². The first kappa shape index (κ1) is 25.6. The third-order valence-corrected chi connectivity index (χ3v) is 5.41. The summed E-state index contributed by atoms with van der Waals surface area (Å²) in [7, 11) is -8.92. The van der Waals surface area contributed by atoms with Gasteiger partial charge in [-0.3, -0.25) is 28.5 Å². The number of allylic oxidation sites excluding steroid dienone is 2. The second-order valence-electron chi connectivity index (χ2n) is 6.36. The minimum absolute atomic E-state index is 0.475. The van der Waals surface area contributed by atoms with Crippen LogP contribution in [0.3, 0.4) is 0 Å². The number of nitrogens with zero attached hydrogens (tertiary/aromatic N) is 3. The SMILES string of the molecule is O=C(O)C1=NN(CCS(=O)(=O)O)C(=O)/C1=C/C=C/c1c(C(=O)O)[nH]n(CCS(=O)(=O)O)c1=O. The molecule has 1 aromatic rings. The Balaban J connectivity index is 2.37. The van der Waals surface area contributed by atoms with Crippen molar-refractivity contribution < 1.29 is 50.5 Å². The van der Waals surface area contributed by atoms with E-state index in [2.05, 4.69) is 10.2 Å². The maximum absolute atomic E-state index is 12.4. The minimum Gasteiger partial charge on any atom is -0.477 e. The van der Waals surface area contributed by atoms with Crippen molar-refractivity contribution in [2.24, 2.45) is 5.10 Å². The Morgan fingerprint density at radius 3 is 2.06 bits per heavy atom. The molecule has 0 aliphatic carbocycles. The average molecular weight is 508 g/mol. The fourth-order valence-corrected chi connectivity index (χ4v) is 3.36. The van der Waals surface area contributed by atoms with E-state index in [0.717, 1.165) is 18.2 Å². The Labute approximate surface area is 184 Å². The Bertz CT molecular complexity index is 1360. The maximum Gasteiger partial charge on any atom is 0.357 e. The van der Waals surface area contributed by atoms with Crippen LogP contribution < -0.4 is 5.56 Å². The summed E-state index contributed by atoms with van der Waals surface area (Å²) in [5, 5.41) is 24.6. The largest absolute Gasteiger partial charge is 0.477 e. The number of aromatic amines is 1. The zero-order valence-electron chi connectivity index (χ0n) is 16.3. The normalized spacial score (nSPS) is 16.1. The number of hydrogen-bond donors (Lipinski definition) is 5. The van der Waals surface area contributed by atoms with Gasteiger partial charge in [0.25, 0.3) is 31.7 Å². The van der Waals surface area contributed by atoms with Gasteiger partial charge >= 0.3 is 11.9 Å². The molecule has 0 radical (unpaired) electrons. The molecule has 180 valence electrons. The molecular weight excluding hydrogens is 492 g/mol. The first-order valence-corrected chi connectivity index (χ1v) is 11.8. The fourth-order valence-electron chi connectivity index (χ4n) is 2.54. The molecule has 1 amide bonds. The standard InChI is InChI=1S/C15H16N4O12S2/c20-12-8(10(14(22)23)16-18(12)4-6-32(26,27)28)2-1-3-9-11(15(24)25)17-19(13(9)21)5-7-33(29,30)31/h1-3,16H,4-7H2,(H,22,23)(H,24,25)(H,26,27,28)(H,29,30,31)/b2-1+,9-3+. The van der Waals surface area contributed by atoms with Gasteiger partial charge in [0.15, 0.2) is 11.4 Å². The van der Waals surface area contributed by atoms with E-state index >= 15 is 0 Å². The number of carboxylic acid groups (broad SMARTS) is 2. The van der Waals surface area contributed by atoms with E-state index in [1.807, 2.05) is 0 Å². The van der Waals surface area contributed by atoms with E-state index in [1.165, 1.54) is 0 Å². The molecule has 0 saturated carbocycles. The molecule has 1 aliphatic rings. The van der Waals surface area contributed by atoms with Crippen LogP contribution in [0.25, 0.3) is 6.08 Å². The summed E-state index contributed by atoms with van der Waals surface area (Å²) in [6.07, 6.45) is 2.76. The molecule has 33 heavy (non-hydrogen) atoms. The molecule has 1 aromatic heterocycles. The van der Waals surface area contributed by atoms with Crippen LogP contribution in [-0.4, -0.2) is 92.6 Å². The van der Waals surface area contributed by atoms with E-state index in [0.29, 0.717) is 9.69 Å². The van der Waals surface area contributed by atoms with Gasteiger partial charge in [-0.1, -0.05) is 6.08 Å². The van der Waals surface area contributed by atoms with Crippen LogP contribution in [-0.2, 0) is 36.4 Å². The quantitative estimate of drug-likeness (QED) is 0.168. The van der Waals surface area contributed by atoms with Crippen molar-refractivity contribution in [3.05, 3.63) is 39.3 Å². The zero-order chi connectivity index (χ0) is 25.1. The van der Waals surface area contributed by atoms with Gasteiger partial charge in [-0.05, 0) is 12.2 Å². The number of carbonyl (C=O) groups is 3. The highest BCUT2D eigenvalue weighted by Gasteiger charge is 2.34. The summed E-state index contributed by atoms with van der Waals surface area (Å²) in [6, 6.07) is 0. The van der Waals surface area contributed by atoms with Gasteiger partial charge in [-0.2, -0.15) is 21.9 Å². The third kappa shape index (κ3) is 6.68. The van der Waals surface area contributed by atoms with Crippen LogP contribution in [0.5, 0.6) is 0 Å². The second-order valence-corrected chi connectivity index (χ2v) is 9.50. The van der Waals surface area contributed by atoms with Gasteiger partial charge in [-0.15, -0.1) is 0 Å². The lowest BCUT2D eigenvalue weighted by atomic mass is 10.1. The van der Waals surface area contributed by atoms with Crippen molar-refractivity contribution in [3.63, 3.8) is 0 Å². The van der Waals surface area contributed by atoms with E-state index in [9.17, 15) is 46.2 Å². The van der Waals surface area contributed by atoms with E-state index in [-0.39, 0.29) is 0 Å². The molecule has 0 spiro atoms. The van der Waals surface area contributed by atoms with Gasteiger partial charge in [0.1, 0.15) is 0 Å². The molecule has 2 rings (SSSR count). The number of hydrogen-bond acceptors (Lipinski definition) is 9. The van der Waals surface area contributed by atoms with Crippen molar-refractivity contribution in [1.82, 2.24) is 14.8 Å². The summed E-state index contributed by atoms with van der Waals surface area (Å²) in [6.45, 7) is -1.24. The van der Waals surface area contributed by atoms with Gasteiger partial charge < -0.3 is 10.2 Å². The lowest BCUT2D eigenvalue weighted by molar-refractivity contribution is -0.129. The van der Waals surface area contributed by atoms with Crippen LogP contribution in [0.4, 0.5) is 0 Å². The summed E-state index contributed by atoms with van der Waals surface area (Å²) >= 11 is 0. The topological polar surface area (TPSA) is 254 Å². The number of aliphatic carboxylic acids is 1. The zero-order valence-corrected chi connectivity index (χ0v) is 17.9. The molecule has 0 fully saturated rings. The Morgan fingerprint density at radius 2 is 1.55 bits per heavy atom. The number of rotatable bonds is 10. The number of amides is 1. The second kappa shape index (κ2) is 9.48. The van der Waals surface area contributed by atoms with Crippen molar-refractivity contribution in [2.75, 3.05) is 18.1 Å². The number of aryl methyl sites for hydroxylation is 1. The molecule has 0 saturated heterocycles. The van der Waals surface area contributed by atoms with Gasteiger partial charge in [0.2, 0.25) is 0 Å². The highest BCUT2D eigenvalue weighted by molar-refractivity contribution is 7.86.